The molecule has 1 unspecified atom stereocenters. The third-order valence-electron chi connectivity index (χ3n) is 1.97. The van der Waals surface area contributed by atoms with E-state index in [4.69, 9.17) is 10.5 Å². The van der Waals surface area contributed by atoms with Crippen LogP contribution in [-0.4, -0.2) is 29.7 Å². The summed E-state index contributed by atoms with van der Waals surface area (Å²) in [5.74, 6) is 0.598. The summed E-state index contributed by atoms with van der Waals surface area (Å²) in [6.07, 6.45) is -0.298. The third kappa shape index (κ3) is 4.88. The zero-order chi connectivity index (χ0) is 12.0. The van der Waals surface area contributed by atoms with E-state index in [-0.39, 0.29) is 6.10 Å². The van der Waals surface area contributed by atoms with Crippen molar-refractivity contribution in [3.63, 3.8) is 0 Å². The second-order valence-electron chi connectivity index (χ2n) is 3.88. The maximum Gasteiger partial charge on any atom is 0.0867 e. The molecule has 1 aromatic rings. The van der Waals surface area contributed by atoms with E-state index in [1.165, 1.54) is 0 Å². The molecule has 3 N–H and O–H groups in total. The molecule has 0 heterocycles. The van der Waals surface area contributed by atoms with E-state index >= 15 is 0 Å². The Morgan fingerprint density at radius 3 is 2.69 bits per heavy atom. The van der Waals surface area contributed by atoms with Crippen molar-refractivity contribution in [3.8, 4) is 0 Å². The normalized spacial score (nSPS) is 13.0. The molecule has 0 aliphatic rings. The van der Waals surface area contributed by atoms with Crippen LogP contribution in [0.1, 0.15) is 13.8 Å². The molecule has 0 radical (unpaired) electrons. The van der Waals surface area contributed by atoms with Crippen molar-refractivity contribution in [3.05, 3.63) is 24.3 Å². The first-order valence-electron chi connectivity index (χ1n) is 5.36. The average molecular weight is 241 g/mol. The number of thioether (sulfide) groups is 1. The smallest absolute Gasteiger partial charge is 0.0867 e. The lowest BCUT2D eigenvalue weighted by Gasteiger charge is -2.13. The molecule has 0 bridgehead atoms. The number of ether oxygens (including phenoxy) is 1. The largest absolute Gasteiger partial charge is 0.398 e. The van der Waals surface area contributed by atoms with E-state index in [1.807, 2.05) is 38.1 Å². The van der Waals surface area contributed by atoms with Crippen LogP contribution in [0.25, 0.3) is 0 Å². The van der Waals surface area contributed by atoms with Gasteiger partial charge in [0.05, 0.1) is 18.8 Å². The lowest BCUT2D eigenvalue weighted by molar-refractivity contribution is 0.0152. The standard InChI is InChI=1S/C12H19NO2S/c1-9(2)15-7-10(14)8-16-12-6-4-3-5-11(12)13/h3-6,9-10,14H,7-8,13H2,1-2H3. The van der Waals surface area contributed by atoms with Gasteiger partial charge in [0.25, 0.3) is 0 Å². The van der Waals surface area contributed by atoms with Gasteiger partial charge in [0.1, 0.15) is 0 Å². The van der Waals surface area contributed by atoms with Gasteiger partial charge < -0.3 is 15.6 Å². The highest BCUT2D eigenvalue weighted by molar-refractivity contribution is 7.99. The van der Waals surface area contributed by atoms with Crippen LogP contribution < -0.4 is 5.73 Å². The summed E-state index contributed by atoms with van der Waals surface area (Å²) in [5.41, 5.74) is 6.55. The van der Waals surface area contributed by atoms with Gasteiger partial charge in [-0.2, -0.15) is 0 Å². The molecule has 0 spiro atoms. The highest BCUT2D eigenvalue weighted by Crippen LogP contribution is 2.24. The van der Waals surface area contributed by atoms with Gasteiger partial charge >= 0.3 is 0 Å². The van der Waals surface area contributed by atoms with Gasteiger partial charge in [-0.1, -0.05) is 12.1 Å². The van der Waals surface area contributed by atoms with Gasteiger partial charge in [-0.3, -0.25) is 0 Å². The van der Waals surface area contributed by atoms with Crippen molar-refractivity contribution in [2.45, 2.75) is 31.0 Å². The number of hydrogen-bond donors (Lipinski definition) is 2. The predicted molar refractivity (Wildman–Crippen MR) is 68.7 cm³/mol. The van der Waals surface area contributed by atoms with Crippen molar-refractivity contribution < 1.29 is 9.84 Å². The Kier molecular flexibility index (Phi) is 5.66. The number of nitrogen functional groups attached to an aromatic ring is 1. The van der Waals surface area contributed by atoms with Crippen molar-refractivity contribution in [2.75, 3.05) is 18.1 Å². The van der Waals surface area contributed by atoms with E-state index in [9.17, 15) is 5.11 Å². The van der Waals surface area contributed by atoms with Crippen LogP contribution in [0.4, 0.5) is 5.69 Å². The van der Waals surface area contributed by atoms with Crippen LogP contribution in [-0.2, 0) is 4.74 Å². The van der Waals surface area contributed by atoms with E-state index in [0.717, 1.165) is 10.6 Å². The number of aliphatic hydroxyl groups excluding tert-OH is 1. The Hall–Kier alpha value is -0.710. The molecule has 90 valence electrons. The molecule has 1 rings (SSSR count). The molecular weight excluding hydrogens is 222 g/mol. The van der Waals surface area contributed by atoms with Gasteiger partial charge in [0, 0.05) is 16.3 Å². The Morgan fingerprint density at radius 2 is 2.06 bits per heavy atom. The third-order valence-corrected chi connectivity index (χ3v) is 3.21. The van der Waals surface area contributed by atoms with Gasteiger partial charge in [-0.15, -0.1) is 11.8 Å². The zero-order valence-electron chi connectivity index (χ0n) is 9.72. The summed E-state index contributed by atoms with van der Waals surface area (Å²) in [7, 11) is 0. The summed E-state index contributed by atoms with van der Waals surface area (Å²) in [6, 6.07) is 7.66. The molecule has 0 fully saturated rings. The van der Waals surface area contributed by atoms with Crippen molar-refractivity contribution in [1.29, 1.82) is 0 Å². The lowest BCUT2D eigenvalue weighted by Crippen LogP contribution is -2.20. The molecule has 3 nitrogen and oxygen atoms in total. The molecule has 1 atom stereocenters. The molecule has 0 amide bonds. The molecule has 4 heteroatoms. The summed E-state index contributed by atoms with van der Waals surface area (Å²) < 4.78 is 5.33. The fourth-order valence-electron chi connectivity index (χ4n) is 1.15. The molecule has 16 heavy (non-hydrogen) atoms. The van der Waals surface area contributed by atoms with Crippen molar-refractivity contribution >= 4 is 17.4 Å². The molecule has 0 aliphatic carbocycles. The van der Waals surface area contributed by atoms with Crippen LogP contribution in [0.15, 0.2) is 29.2 Å². The second-order valence-corrected chi connectivity index (χ2v) is 4.95. The highest BCUT2D eigenvalue weighted by Gasteiger charge is 2.07. The number of benzene rings is 1. The van der Waals surface area contributed by atoms with Crippen molar-refractivity contribution in [2.24, 2.45) is 0 Å². The Balaban J connectivity index is 2.31. The van der Waals surface area contributed by atoms with Crippen LogP contribution in [0.5, 0.6) is 0 Å². The summed E-state index contributed by atoms with van der Waals surface area (Å²) in [6.45, 7) is 4.28. The zero-order valence-corrected chi connectivity index (χ0v) is 10.5. The van der Waals surface area contributed by atoms with E-state index in [2.05, 4.69) is 0 Å². The summed E-state index contributed by atoms with van der Waals surface area (Å²) in [5, 5.41) is 9.66. The van der Waals surface area contributed by atoms with Crippen LogP contribution in [0.2, 0.25) is 0 Å². The molecular formula is C12H19NO2S. The minimum absolute atomic E-state index is 0.154. The van der Waals surface area contributed by atoms with Gasteiger partial charge in [-0.05, 0) is 26.0 Å². The first kappa shape index (κ1) is 13.4. The summed E-state index contributed by atoms with van der Waals surface area (Å²) >= 11 is 1.55. The molecule has 0 aromatic heterocycles. The first-order chi connectivity index (χ1) is 7.59. The van der Waals surface area contributed by atoms with Crippen LogP contribution in [0, 0.1) is 0 Å². The van der Waals surface area contributed by atoms with Gasteiger partial charge in [0.15, 0.2) is 0 Å². The minimum atomic E-state index is -0.452. The Bertz CT molecular complexity index is 318. The van der Waals surface area contributed by atoms with Crippen molar-refractivity contribution in [1.82, 2.24) is 0 Å². The average Bonchev–Trinajstić information content (AvgIpc) is 2.25. The highest BCUT2D eigenvalue weighted by atomic mass is 32.2. The quantitative estimate of drug-likeness (QED) is 0.592. The second kappa shape index (κ2) is 6.78. The van der Waals surface area contributed by atoms with E-state index in [0.29, 0.717) is 12.4 Å². The number of nitrogens with two attached hydrogens (primary N) is 1. The number of para-hydroxylation sites is 1. The number of aliphatic hydroxyl groups is 1. The SMILES string of the molecule is CC(C)OCC(O)CSc1ccccc1N. The first-order valence-corrected chi connectivity index (χ1v) is 6.35. The minimum Gasteiger partial charge on any atom is -0.398 e. The van der Waals surface area contributed by atoms with E-state index < -0.39 is 6.10 Å². The Morgan fingerprint density at radius 1 is 1.38 bits per heavy atom. The summed E-state index contributed by atoms with van der Waals surface area (Å²) in [4.78, 5) is 1.01. The van der Waals surface area contributed by atoms with Gasteiger partial charge in [-0.25, -0.2) is 0 Å². The number of anilines is 1. The lowest BCUT2D eigenvalue weighted by atomic mass is 10.3. The van der Waals surface area contributed by atoms with E-state index in [1.54, 1.807) is 11.8 Å². The number of rotatable bonds is 6. The fourth-order valence-corrected chi connectivity index (χ4v) is 2.03. The maximum atomic E-state index is 9.66. The fraction of sp³-hybridized carbons (Fsp3) is 0.500. The van der Waals surface area contributed by atoms with Crippen LogP contribution in [0.3, 0.4) is 0 Å². The van der Waals surface area contributed by atoms with Gasteiger partial charge in [0.2, 0.25) is 0 Å². The Labute approximate surface area is 101 Å². The van der Waals surface area contributed by atoms with Crippen LogP contribution >= 0.6 is 11.8 Å². The predicted octanol–water partition coefficient (Wildman–Crippen LogP) is 2.15. The molecule has 0 aliphatic heterocycles. The monoisotopic (exact) mass is 241 g/mol. The molecule has 1 aromatic carbocycles. The maximum absolute atomic E-state index is 9.66. The molecule has 0 saturated heterocycles. The number of hydrogen-bond acceptors (Lipinski definition) is 4. The topological polar surface area (TPSA) is 55.5 Å². The molecule has 0 saturated carbocycles.